The summed E-state index contributed by atoms with van der Waals surface area (Å²) in [6.07, 6.45) is -1.21. The molecule has 2 aromatic rings. The Labute approximate surface area is 164 Å². The van der Waals surface area contributed by atoms with Gasteiger partial charge in [0.15, 0.2) is 17.6 Å². The fourth-order valence-electron chi connectivity index (χ4n) is 2.48. The van der Waals surface area contributed by atoms with Crippen LogP contribution in [0.3, 0.4) is 0 Å². The van der Waals surface area contributed by atoms with Crippen molar-refractivity contribution < 1.29 is 28.7 Å². The third kappa shape index (κ3) is 4.32. The third-order valence-electron chi connectivity index (χ3n) is 3.82. The van der Waals surface area contributed by atoms with E-state index in [4.69, 9.17) is 25.8 Å². The van der Waals surface area contributed by atoms with Gasteiger partial charge in [0.2, 0.25) is 0 Å². The quantitative estimate of drug-likeness (QED) is 0.460. The van der Waals surface area contributed by atoms with Crippen LogP contribution in [0.1, 0.15) is 17.3 Å². The van der Waals surface area contributed by atoms with Crippen LogP contribution in [-0.4, -0.2) is 36.1 Å². The van der Waals surface area contributed by atoms with E-state index < -0.39 is 28.6 Å². The maximum atomic E-state index is 12.5. The van der Waals surface area contributed by atoms with Crippen molar-refractivity contribution in [2.24, 2.45) is 0 Å². The molecule has 1 N–H and O–H groups in total. The van der Waals surface area contributed by atoms with Gasteiger partial charge in [-0.1, -0.05) is 17.7 Å². The molecule has 0 saturated heterocycles. The average molecular weight is 407 g/mol. The smallest absolute Gasteiger partial charge is 0.346 e. The molecule has 10 heteroatoms. The second-order valence-electron chi connectivity index (χ2n) is 5.82. The topological polar surface area (TPSA) is 117 Å². The molecule has 0 spiro atoms. The van der Waals surface area contributed by atoms with Crippen molar-refractivity contribution in [2.45, 2.75) is 13.0 Å². The summed E-state index contributed by atoms with van der Waals surface area (Å²) in [5, 5.41) is 14.3. The lowest BCUT2D eigenvalue weighted by molar-refractivity contribution is -0.385. The van der Waals surface area contributed by atoms with Crippen molar-refractivity contribution in [3.63, 3.8) is 0 Å². The molecule has 1 aliphatic heterocycles. The van der Waals surface area contributed by atoms with Gasteiger partial charge in [-0.2, -0.15) is 0 Å². The van der Waals surface area contributed by atoms with E-state index >= 15 is 0 Å². The third-order valence-corrected chi connectivity index (χ3v) is 4.06. The number of fused-ring (bicyclic) bond motifs is 1. The van der Waals surface area contributed by atoms with E-state index in [0.717, 1.165) is 6.07 Å². The number of carbonyl (C=O) groups is 2. The number of ether oxygens (including phenoxy) is 3. The van der Waals surface area contributed by atoms with Gasteiger partial charge in [0.05, 0.1) is 11.0 Å². The molecule has 0 bridgehead atoms. The Bertz CT molecular complexity index is 948. The zero-order valence-electron chi connectivity index (χ0n) is 14.6. The maximum absolute atomic E-state index is 12.5. The van der Waals surface area contributed by atoms with Gasteiger partial charge in [-0.3, -0.25) is 14.9 Å². The second kappa shape index (κ2) is 8.13. The van der Waals surface area contributed by atoms with Gasteiger partial charge in [0.1, 0.15) is 18.8 Å². The van der Waals surface area contributed by atoms with E-state index in [1.54, 1.807) is 18.2 Å². The Kier molecular flexibility index (Phi) is 5.65. The Morgan fingerprint density at radius 2 is 1.89 bits per heavy atom. The average Bonchev–Trinajstić information content (AvgIpc) is 2.66. The first kappa shape index (κ1) is 19.4. The molecule has 0 aromatic heterocycles. The van der Waals surface area contributed by atoms with Crippen molar-refractivity contribution in [2.75, 3.05) is 18.5 Å². The number of benzene rings is 2. The fraction of sp³-hybridized carbons (Fsp3) is 0.222. The number of nitrogens with one attached hydrogen (secondary N) is 1. The molecular formula is C18H15ClN2O7. The molecule has 0 unspecified atom stereocenters. The molecule has 0 fully saturated rings. The van der Waals surface area contributed by atoms with Crippen molar-refractivity contribution in [3.8, 4) is 11.5 Å². The number of nitro groups is 1. The zero-order chi connectivity index (χ0) is 20.3. The standard InChI is InChI=1S/C18H15ClN2O7/c1-10(17(22)20-12-4-2-3-11(19)7-12)28-18(23)13-8-15-16(27-6-5-26-15)9-14(13)21(24)25/h2-4,7-10H,5-6H2,1H3,(H,20,22)/t10-/m0/s1. The highest BCUT2D eigenvalue weighted by Crippen LogP contribution is 2.37. The van der Waals surface area contributed by atoms with E-state index in [2.05, 4.69) is 5.32 Å². The van der Waals surface area contributed by atoms with Crippen molar-refractivity contribution in [3.05, 3.63) is 57.1 Å². The van der Waals surface area contributed by atoms with Crippen LogP contribution in [0.15, 0.2) is 36.4 Å². The van der Waals surface area contributed by atoms with Crippen molar-refractivity contribution in [1.82, 2.24) is 0 Å². The normalized spacial score (nSPS) is 13.4. The van der Waals surface area contributed by atoms with Gasteiger partial charge in [0, 0.05) is 16.8 Å². The van der Waals surface area contributed by atoms with Crippen LogP contribution in [0.2, 0.25) is 5.02 Å². The van der Waals surface area contributed by atoms with Gasteiger partial charge in [-0.25, -0.2) is 4.79 Å². The van der Waals surface area contributed by atoms with Gasteiger partial charge < -0.3 is 19.5 Å². The molecule has 2 aromatic carbocycles. The molecular weight excluding hydrogens is 392 g/mol. The van der Waals surface area contributed by atoms with E-state index in [0.29, 0.717) is 10.7 Å². The summed E-state index contributed by atoms with van der Waals surface area (Å²) in [6.45, 7) is 1.84. The van der Waals surface area contributed by atoms with Crippen LogP contribution in [0.4, 0.5) is 11.4 Å². The van der Waals surface area contributed by atoms with Crippen LogP contribution < -0.4 is 14.8 Å². The molecule has 28 heavy (non-hydrogen) atoms. The Morgan fingerprint density at radius 3 is 2.54 bits per heavy atom. The number of esters is 1. The monoisotopic (exact) mass is 406 g/mol. The fourth-order valence-corrected chi connectivity index (χ4v) is 2.67. The summed E-state index contributed by atoms with van der Waals surface area (Å²) in [7, 11) is 0. The predicted octanol–water partition coefficient (Wildman–Crippen LogP) is 3.20. The molecule has 1 amide bonds. The lowest BCUT2D eigenvalue weighted by atomic mass is 10.1. The first-order valence-electron chi connectivity index (χ1n) is 8.20. The number of amides is 1. The first-order valence-corrected chi connectivity index (χ1v) is 8.58. The van der Waals surface area contributed by atoms with Crippen LogP contribution in [0.5, 0.6) is 11.5 Å². The Hall–Kier alpha value is -3.33. The number of nitrogens with zero attached hydrogens (tertiary/aromatic N) is 1. The zero-order valence-corrected chi connectivity index (χ0v) is 15.4. The highest BCUT2D eigenvalue weighted by Gasteiger charge is 2.29. The highest BCUT2D eigenvalue weighted by atomic mass is 35.5. The summed E-state index contributed by atoms with van der Waals surface area (Å²) in [5.41, 5.74) is -0.418. The van der Waals surface area contributed by atoms with E-state index in [1.807, 2.05) is 0 Å². The van der Waals surface area contributed by atoms with Crippen LogP contribution in [0, 0.1) is 10.1 Å². The number of halogens is 1. The number of anilines is 1. The van der Waals surface area contributed by atoms with Gasteiger partial charge in [-0.15, -0.1) is 0 Å². The largest absolute Gasteiger partial charge is 0.486 e. The number of rotatable bonds is 5. The number of carbonyl (C=O) groups excluding carboxylic acids is 2. The van der Waals surface area contributed by atoms with Crippen molar-refractivity contribution in [1.29, 1.82) is 0 Å². The molecule has 1 atom stereocenters. The SMILES string of the molecule is C[C@H](OC(=O)c1cc2c(cc1[N+](=O)[O-])OCCO2)C(=O)Nc1cccc(Cl)c1. The first-order chi connectivity index (χ1) is 13.3. The molecule has 1 aliphatic rings. The molecule has 0 aliphatic carbocycles. The summed E-state index contributed by atoms with van der Waals surface area (Å²) < 4.78 is 15.7. The highest BCUT2D eigenvalue weighted by molar-refractivity contribution is 6.30. The number of hydrogen-bond donors (Lipinski definition) is 1. The van der Waals surface area contributed by atoms with Gasteiger partial charge in [-0.05, 0) is 25.1 Å². The van der Waals surface area contributed by atoms with Crippen LogP contribution in [0.25, 0.3) is 0 Å². The van der Waals surface area contributed by atoms with Gasteiger partial charge in [0.25, 0.3) is 11.6 Å². The minimum Gasteiger partial charge on any atom is -0.486 e. The van der Waals surface area contributed by atoms with Crippen LogP contribution in [-0.2, 0) is 9.53 Å². The molecule has 9 nitrogen and oxygen atoms in total. The van der Waals surface area contributed by atoms with E-state index in [9.17, 15) is 19.7 Å². The minimum absolute atomic E-state index is 0.168. The van der Waals surface area contributed by atoms with E-state index in [-0.39, 0.29) is 30.3 Å². The number of nitro benzene ring substituents is 1. The lowest BCUT2D eigenvalue weighted by Gasteiger charge is -2.19. The minimum atomic E-state index is -1.21. The number of hydrogen-bond acceptors (Lipinski definition) is 7. The van der Waals surface area contributed by atoms with Crippen LogP contribution >= 0.6 is 11.6 Å². The van der Waals surface area contributed by atoms with Crippen molar-refractivity contribution >= 4 is 34.9 Å². The van der Waals surface area contributed by atoms with E-state index in [1.165, 1.54) is 19.1 Å². The molecule has 0 radical (unpaired) electrons. The molecule has 1 heterocycles. The lowest BCUT2D eigenvalue weighted by Crippen LogP contribution is -2.30. The summed E-state index contributed by atoms with van der Waals surface area (Å²) in [5.74, 6) is -1.28. The predicted molar refractivity (Wildman–Crippen MR) is 99.0 cm³/mol. The Morgan fingerprint density at radius 1 is 1.21 bits per heavy atom. The Balaban J connectivity index is 1.76. The molecule has 3 rings (SSSR count). The summed E-state index contributed by atoms with van der Waals surface area (Å²) in [6, 6.07) is 8.71. The maximum Gasteiger partial charge on any atom is 0.346 e. The molecule has 0 saturated carbocycles. The second-order valence-corrected chi connectivity index (χ2v) is 6.25. The molecule has 146 valence electrons. The summed E-state index contributed by atoms with van der Waals surface area (Å²) >= 11 is 5.85. The summed E-state index contributed by atoms with van der Waals surface area (Å²) in [4.78, 5) is 35.3. The van der Waals surface area contributed by atoms with Gasteiger partial charge >= 0.3 is 5.97 Å².